The van der Waals surface area contributed by atoms with Crippen molar-refractivity contribution in [1.82, 2.24) is 0 Å². The van der Waals surface area contributed by atoms with Crippen LogP contribution in [0.4, 0.5) is 13.2 Å². The molecule has 0 bridgehead atoms. The lowest BCUT2D eigenvalue weighted by atomic mass is 9.71. The van der Waals surface area contributed by atoms with Gasteiger partial charge in [-0.05, 0) is 110 Å². The van der Waals surface area contributed by atoms with E-state index in [-0.39, 0.29) is 11.4 Å². The smallest absolute Gasteiger partial charge is 0.166 e. The minimum atomic E-state index is -0.840. The summed E-state index contributed by atoms with van der Waals surface area (Å²) in [6.07, 6.45) is 16.5. The highest BCUT2D eigenvalue weighted by molar-refractivity contribution is 5.74. The molecule has 0 saturated heterocycles. The quantitative estimate of drug-likeness (QED) is 0.269. The van der Waals surface area contributed by atoms with Crippen LogP contribution >= 0.6 is 0 Å². The van der Waals surface area contributed by atoms with Crippen molar-refractivity contribution < 1.29 is 13.2 Å². The van der Waals surface area contributed by atoms with Gasteiger partial charge in [0.05, 0.1) is 0 Å². The highest BCUT2D eigenvalue weighted by Crippen LogP contribution is 2.42. The summed E-state index contributed by atoms with van der Waals surface area (Å²) >= 11 is 0. The van der Waals surface area contributed by atoms with Crippen LogP contribution < -0.4 is 0 Å². The Balaban J connectivity index is 1.27. The van der Waals surface area contributed by atoms with Gasteiger partial charge in [-0.1, -0.05) is 72.8 Å². The molecule has 39 heavy (non-hydrogen) atoms. The van der Waals surface area contributed by atoms with Gasteiger partial charge in [0.15, 0.2) is 11.6 Å². The minimum absolute atomic E-state index is 0.211. The van der Waals surface area contributed by atoms with Gasteiger partial charge in [0, 0.05) is 11.1 Å². The zero-order chi connectivity index (χ0) is 27.4. The largest absolute Gasteiger partial charge is 0.206 e. The Bertz CT molecular complexity index is 1370. The molecule has 0 aliphatic heterocycles. The molecule has 1 atom stereocenters. The molecule has 0 aromatic heterocycles. The molecule has 0 N–H and O–H groups in total. The van der Waals surface area contributed by atoms with Crippen molar-refractivity contribution in [3.63, 3.8) is 0 Å². The standard InChI is InChI=1S/C36H37F3/c1-3-5-6-30-19-22-33(36(39)35(30)38)29-17-13-27(14-18-29)31-20-21-32(34(37)23-31)28-15-11-26(12-16-28)25-9-7-24(4-2)8-10-25/h3-5,13-15,17-26H,2,6-12,16H2,1H3/b5-3-. The second kappa shape index (κ2) is 12.2. The van der Waals surface area contributed by atoms with Crippen LogP contribution in [0.25, 0.3) is 27.8 Å². The van der Waals surface area contributed by atoms with E-state index >= 15 is 4.39 Å². The molecule has 1 fully saturated rings. The van der Waals surface area contributed by atoms with Crippen molar-refractivity contribution in [3.05, 3.63) is 114 Å². The topological polar surface area (TPSA) is 0 Å². The van der Waals surface area contributed by atoms with E-state index in [1.807, 2.05) is 37.3 Å². The fraction of sp³-hybridized carbons (Fsp3) is 0.333. The van der Waals surface area contributed by atoms with E-state index in [4.69, 9.17) is 0 Å². The predicted molar refractivity (Wildman–Crippen MR) is 157 cm³/mol. The van der Waals surface area contributed by atoms with E-state index in [0.717, 1.165) is 41.9 Å². The number of halogens is 3. The zero-order valence-electron chi connectivity index (χ0n) is 22.7. The van der Waals surface area contributed by atoms with E-state index in [0.29, 0.717) is 34.9 Å². The summed E-state index contributed by atoms with van der Waals surface area (Å²) in [5.41, 5.74) is 4.55. The summed E-state index contributed by atoms with van der Waals surface area (Å²) in [6, 6.07) is 15.9. The van der Waals surface area contributed by atoms with E-state index < -0.39 is 11.6 Å². The van der Waals surface area contributed by atoms with E-state index in [9.17, 15) is 8.78 Å². The van der Waals surface area contributed by atoms with E-state index in [1.54, 1.807) is 36.4 Å². The van der Waals surface area contributed by atoms with Crippen LogP contribution in [0, 0.1) is 35.2 Å². The Morgan fingerprint density at radius 3 is 2.10 bits per heavy atom. The molecule has 0 nitrogen and oxygen atoms in total. The predicted octanol–water partition coefficient (Wildman–Crippen LogP) is 10.7. The fourth-order valence-corrected chi connectivity index (χ4v) is 6.39. The molecule has 2 aliphatic carbocycles. The number of hydrogen-bond acceptors (Lipinski definition) is 0. The Morgan fingerprint density at radius 1 is 0.769 bits per heavy atom. The number of allylic oxidation sites excluding steroid dienone is 5. The van der Waals surface area contributed by atoms with Crippen molar-refractivity contribution >= 4 is 5.57 Å². The van der Waals surface area contributed by atoms with Gasteiger partial charge in [-0.3, -0.25) is 0 Å². The summed E-state index contributed by atoms with van der Waals surface area (Å²) in [7, 11) is 0. The Morgan fingerprint density at radius 2 is 1.46 bits per heavy atom. The first-order valence-electron chi connectivity index (χ1n) is 14.3. The van der Waals surface area contributed by atoms with Crippen LogP contribution in [0.15, 0.2) is 85.5 Å². The van der Waals surface area contributed by atoms with Gasteiger partial charge in [-0.15, -0.1) is 6.58 Å². The number of benzene rings is 3. The summed E-state index contributed by atoms with van der Waals surface area (Å²) in [5, 5.41) is 0. The van der Waals surface area contributed by atoms with Gasteiger partial charge >= 0.3 is 0 Å². The van der Waals surface area contributed by atoms with Crippen molar-refractivity contribution in [2.24, 2.45) is 17.8 Å². The van der Waals surface area contributed by atoms with Gasteiger partial charge in [0.2, 0.25) is 0 Å². The van der Waals surface area contributed by atoms with Crippen molar-refractivity contribution in [3.8, 4) is 22.3 Å². The SMILES string of the molecule is C=CC1CCC(C2CC=C(c3ccc(-c4ccc(-c5ccc(C/C=C\C)c(F)c5F)cc4)cc3F)CC2)CC1. The first kappa shape index (κ1) is 27.2. The van der Waals surface area contributed by atoms with Crippen molar-refractivity contribution in [2.75, 3.05) is 0 Å². The van der Waals surface area contributed by atoms with E-state index in [1.165, 1.54) is 25.7 Å². The molecule has 1 saturated carbocycles. The molecule has 202 valence electrons. The normalized spacial score (nSPS) is 21.6. The summed E-state index contributed by atoms with van der Waals surface area (Å²) in [5.74, 6) is 0.322. The molecule has 2 aliphatic rings. The lowest BCUT2D eigenvalue weighted by Crippen LogP contribution is -2.22. The van der Waals surface area contributed by atoms with Gasteiger partial charge in [-0.25, -0.2) is 13.2 Å². The average molecular weight is 527 g/mol. The van der Waals surface area contributed by atoms with Crippen molar-refractivity contribution in [1.29, 1.82) is 0 Å². The maximum absolute atomic E-state index is 15.3. The monoisotopic (exact) mass is 526 g/mol. The van der Waals surface area contributed by atoms with E-state index in [2.05, 4.69) is 18.7 Å². The van der Waals surface area contributed by atoms with Crippen LogP contribution in [0.5, 0.6) is 0 Å². The molecule has 0 amide bonds. The van der Waals surface area contributed by atoms with Gasteiger partial charge in [-0.2, -0.15) is 0 Å². The van der Waals surface area contributed by atoms with Crippen LogP contribution in [-0.2, 0) is 6.42 Å². The third-order valence-electron chi connectivity index (χ3n) is 8.85. The Kier molecular flexibility index (Phi) is 8.55. The van der Waals surface area contributed by atoms with Crippen molar-refractivity contribution in [2.45, 2.75) is 58.3 Å². The number of rotatable bonds is 7. The van der Waals surface area contributed by atoms with Gasteiger partial charge < -0.3 is 0 Å². The maximum atomic E-state index is 15.3. The fourth-order valence-electron chi connectivity index (χ4n) is 6.39. The molecule has 5 rings (SSSR count). The first-order valence-corrected chi connectivity index (χ1v) is 14.3. The molecule has 0 radical (unpaired) electrons. The minimum Gasteiger partial charge on any atom is -0.206 e. The number of hydrogen-bond donors (Lipinski definition) is 0. The van der Waals surface area contributed by atoms with Crippen LogP contribution in [-0.4, -0.2) is 0 Å². The highest BCUT2D eigenvalue weighted by atomic mass is 19.2. The van der Waals surface area contributed by atoms with Gasteiger partial charge in [0.1, 0.15) is 5.82 Å². The lowest BCUT2D eigenvalue weighted by Gasteiger charge is -2.34. The molecule has 0 spiro atoms. The molecule has 3 aromatic carbocycles. The summed E-state index contributed by atoms with van der Waals surface area (Å²) < 4.78 is 44.6. The van der Waals surface area contributed by atoms with Crippen LogP contribution in [0.2, 0.25) is 0 Å². The lowest BCUT2D eigenvalue weighted by molar-refractivity contribution is 0.212. The molecule has 1 unspecified atom stereocenters. The molecule has 0 heterocycles. The molecule has 3 heteroatoms. The molecular formula is C36H37F3. The highest BCUT2D eigenvalue weighted by Gasteiger charge is 2.28. The zero-order valence-corrected chi connectivity index (χ0v) is 22.7. The maximum Gasteiger partial charge on any atom is 0.166 e. The Hall–Kier alpha value is -3.33. The third kappa shape index (κ3) is 5.98. The van der Waals surface area contributed by atoms with Gasteiger partial charge in [0.25, 0.3) is 0 Å². The van der Waals surface area contributed by atoms with Crippen LogP contribution in [0.3, 0.4) is 0 Å². The third-order valence-corrected chi connectivity index (χ3v) is 8.85. The molecule has 3 aromatic rings. The summed E-state index contributed by atoms with van der Waals surface area (Å²) in [4.78, 5) is 0. The molecular weight excluding hydrogens is 489 g/mol. The average Bonchev–Trinajstić information content (AvgIpc) is 2.98. The first-order chi connectivity index (χ1) is 19.0. The summed E-state index contributed by atoms with van der Waals surface area (Å²) in [6.45, 7) is 5.81. The second-order valence-corrected chi connectivity index (χ2v) is 11.1. The Labute approximate surface area is 231 Å². The van der Waals surface area contributed by atoms with Crippen LogP contribution in [0.1, 0.15) is 63.0 Å². The second-order valence-electron chi connectivity index (χ2n) is 11.1.